The Kier molecular flexibility index (Phi) is 6.68. The van der Waals surface area contributed by atoms with E-state index in [1.165, 1.54) is 4.57 Å². The Hall–Kier alpha value is -3.43. The molecule has 0 aliphatic heterocycles. The molecule has 0 atom stereocenters. The van der Waals surface area contributed by atoms with Crippen molar-refractivity contribution >= 4 is 28.7 Å². The van der Waals surface area contributed by atoms with Crippen LogP contribution in [0.15, 0.2) is 75.4 Å². The third kappa shape index (κ3) is 4.44. The first-order valence-corrected chi connectivity index (χ1v) is 13.0. The molecule has 8 nitrogen and oxygen atoms in total. The lowest BCUT2D eigenvalue weighted by Crippen LogP contribution is -2.41. The second kappa shape index (κ2) is 9.91. The zero-order valence-electron chi connectivity index (χ0n) is 20.2. The molecule has 0 amide bonds. The molecule has 1 fully saturated rings. The molecule has 0 unspecified atom stereocenters. The summed E-state index contributed by atoms with van der Waals surface area (Å²) < 4.78 is 4.13. The number of thioether (sulfide) groups is 1. The summed E-state index contributed by atoms with van der Waals surface area (Å²) >= 11 is 1.61. The fourth-order valence-corrected chi connectivity index (χ4v) is 6.26. The average molecular weight is 504 g/mol. The minimum atomic E-state index is -0.563. The van der Waals surface area contributed by atoms with Crippen molar-refractivity contribution in [3.05, 3.63) is 92.6 Å². The molecular formula is C27H29N5O3S. The first kappa shape index (κ1) is 24.3. The SMILES string of the molecule is Cn1c(=O)n(CC(=O)c2ccccc2)c(=O)c2c1nc(SC1(CN)CCCC1)n2Cc1ccccc1. The van der Waals surface area contributed by atoms with Crippen LogP contribution in [0.25, 0.3) is 11.2 Å². The van der Waals surface area contributed by atoms with E-state index in [0.717, 1.165) is 35.8 Å². The van der Waals surface area contributed by atoms with Gasteiger partial charge in [0.15, 0.2) is 22.1 Å². The number of nitrogens with two attached hydrogens (primary N) is 1. The number of nitrogens with zero attached hydrogens (tertiary/aromatic N) is 4. The number of imidazole rings is 1. The maximum absolute atomic E-state index is 13.8. The predicted molar refractivity (Wildman–Crippen MR) is 142 cm³/mol. The number of carbonyl (C=O) groups excluding carboxylic acids is 1. The molecule has 0 spiro atoms. The van der Waals surface area contributed by atoms with Crippen LogP contribution >= 0.6 is 11.8 Å². The highest BCUT2D eigenvalue weighted by Gasteiger charge is 2.36. The van der Waals surface area contributed by atoms with Crippen molar-refractivity contribution in [3.63, 3.8) is 0 Å². The van der Waals surface area contributed by atoms with Crippen LogP contribution < -0.4 is 17.0 Å². The van der Waals surface area contributed by atoms with Gasteiger partial charge in [-0.2, -0.15) is 0 Å². The number of benzene rings is 2. The molecule has 1 aliphatic rings. The van der Waals surface area contributed by atoms with Gasteiger partial charge in [-0.1, -0.05) is 85.3 Å². The molecule has 1 aliphatic carbocycles. The molecule has 186 valence electrons. The van der Waals surface area contributed by atoms with E-state index in [1.807, 2.05) is 41.0 Å². The quantitative estimate of drug-likeness (QED) is 0.370. The van der Waals surface area contributed by atoms with Gasteiger partial charge in [-0.3, -0.25) is 18.7 Å². The van der Waals surface area contributed by atoms with Crippen LogP contribution in [0.2, 0.25) is 0 Å². The van der Waals surface area contributed by atoms with Gasteiger partial charge in [-0.15, -0.1) is 0 Å². The molecule has 2 aromatic carbocycles. The topological polar surface area (TPSA) is 105 Å². The Morgan fingerprint density at radius 1 is 1.00 bits per heavy atom. The summed E-state index contributed by atoms with van der Waals surface area (Å²) in [7, 11) is 1.59. The fourth-order valence-electron chi connectivity index (χ4n) is 4.90. The maximum Gasteiger partial charge on any atom is 0.332 e. The van der Waals surface area contributed by atoms with E-state index in [4.69, 9.17) is 10.7 Å². The molecule has 2 N–H and O–H groups in total. The number of rotatable bonds is 8. The van der Waals surface area contributed by atoms with Crippen molar-refractivity contribution in [1.29, 1.82) is 0 Å². The average Bonchev–Trinajstić information content (AvgIpc) is 3.52. The lowest BCUT2D eigenvalue weighted by Gasteiger charge is -2.26. The number of ketones is 1. The van der Waals surface area contributed by atoms with Crippen LogP contribution in [0.4, 0.5) is 0 Å². The number of Topliss-reactive ketones (excluding diaryl/α,β-unsaturated/α-hetero) is 1. The van der Waals surface area contributed by atoms with Gasteiger partial charge in [0.25, 0.3) is 5.56 Å². The van der Waals surface area contributed by atoms with Crippen LogP contribution in [0.1, 0.15) is 41.6 Å². The minimum absolute atomic E-state index is 0.142. The molecular weight excluding hydrogens is 474 g/mol. The van der Waals surface area contributed by atoms with Crippen LogP contribution in [0.3, 0.4) is 0 Å². The van der Waals surface area contributed by atoms with E-state index in [-0.39, 0.29) is 17.1 Å². The van der Waals surface area contributed by atoms with Gasteiger partial charge in [-0.25, -0.2) is 9.78 Å². The molecule has 1 saturated carbocycles. The number of fused-ring (bicyclic) bond motifs is 1. The third-order valence-corrected chi connectivity index (χ3v) is 8.48. The Bertz CT molecular complexity index is 1520. The number of carbonyl (C=O) groups is 1. The van der Waals surface area contributed by atoms with Gasteiger partial charge in [0.2, 0.25) is 0 Å². The van der Waals surface area contributed by atoms with Gasteiger partial charge in [0, 0.05) is 23.9 Å². The normalized spacial score (nSPS) is 14.9. The Balaban J connectivity index is 1.67. The zero-order chi connectivity index (χ0) is 25.3. The van der Waals surface area contributed by atoms with Gasteiger partial charge >= 0.3 is 5.69 Å². The van der Waals surface area contributed by atoms with Crippen molar-refractivity contribution < 1.29 is 4.79 Å². The van der Waals surface area contributed by atoms with Crippen LogP contribution in [0, 0.1) is 0 Å². The Labute approximate surface area is 212 Å². The van der Waals surface area contributed by atoms with Gasteiger partial charge in [0.1, 0.15) is 0 Å². The van der Waals surface area contributed by atoms with Crippen LogP contribution in [0.5, 0.6) is 0 Å². The third-order valence-electron chi connectivity index (χ3n) is 6.97. The van der Waals surface area contributed by atoms with E-state index >= 15 is 0 Å². The second-order valence-corrected chi connectivity index (χ2v) is 10.8. The lowest BCUT2D eigenvalue weighted by molar-refractivity contribution is 0.0969. The molecule has 2 aromatic heterocycles. The fraction of sp³-hybridized carbons (Fsp3) is 0.333. The summed E-state index contributed by atoms with van der Waals surface area (Å²) in [5.74, 6) is -0.300. The van der Waals surface area contributed by atoms with Crippen LogP contribution in [-0.4, -0.2) is 35.8 Å². The molecule has 4 aromatic rings. The van der Waals surface area contributed by atoms with E-state index in [9.17, 15) is 14.4 Å². The number of hydrogen-bond donors (Lipinski definition) is 1. The van der Waals surface area contributed by atoms with Gasteiger partial charge in [0.05, 0.1) is 13.1 Å². The largest absolute Gasteiger partial charge is 0.332 e. The highest BCUT2D eigenvalue weighted by atomic mass is 32.2. The highest BCUT2D eigenvalue weighted by molar-refractivity contribution is 8.00. The minimum Gasteiger partial charge on any atom is -0.329 e. The van der Waals surface area contributed by atoms with Crippen molar-refractivity contribution in [2.45, 2.75) is 48.7 Å². The molecule has 2 heterocycles. The summed E-state index contributed by atoms with van der Waals surface area (Å²) in [6.45, 7) is 0.596. The Morgan fingerprint density at radius 2 is 1.64 bits per heavy atom. The highest BCUT2D eigenvalue weighted by Crippen LogP contribution is 2.44. The number of aryl methyl sites for hydroxylation is 1. The zero-order valence-corrected chi connectivity index (χ0v) is 21.0. The van der Waals surface area contributed by atoms with Gasteiger partial charge in [-0.05, 0) is 18.4 Å². The molecule has 36 heavy (non-hydrogen) atoms. The van der Waals surface area contributed by atoms with Crippen molar-refractivity contribution in [2.75, 3.05) is 6.54 Å². The smallest absolute Gasteiger partial charge is 0.329 e. The van der Waals surface area contributed by atoms with E-state index in [0.29, 0.717) is 35.0 Å². The van der Waals surface area contributed by atoms with E-state index in [2.05, 4.69) is 0 Å². The summed E-state index contributed by atoms with van der Waals surface area (Å²) in [5.41, 5.74) is 7.23. The van der Waals surface area contributed by atoms with Gasteiger partial charge < -0.3 is 10.3 Å². The maximum atomic E-state index is 13.8. The summed E-state index contributed by atoms with van der Waals surface area (Å²) in [6.07, 6.45) is 4.18. The molecule has 0 radical (unpaired) electrons. The molecule has 9 heteroatoms. The predicted octanol–water partition coefficient (Wildman–Crippen LogP) is 3.19. The molecule has 0 bridgehead atoms. The van der Waals surface area contributed by atoms with Crippen molar-refractivity contribution in [3.8, 4) is 0 Å². The van der Waals surface area contributed by atoms with E-state index < -0.39 is 11.2 Å². The monoisotopic (exact) mass is 503 g/mol. The number of aromatic nitrogens is 4. The summed E-state index contributed by atoms with van der Waals surface area (Å²) in [4.78, 5) is 44.7. The van der Waals surface area contributed by atoms with Crippen molar-refractivity contribution in [1.82, 2.24) is 18.7 Å². The molecule has 0 saturated heterocycles. The summed E-state index contributed by atoms with van der Waals surface area (Å²) in [6, 6.07) is 18.5. The Morgan fingerprint density at radius 3 is 2.28 bits per heavy atom. The molecule has 5 rings (SSSR count). The lowest BCUT2D eigenvalue weighted by atomic mass is 10.1. The first-order chi connectivity index (χ1) is 17.4. The standard InChI is InChI=1S/C27H29N5O3S/c1-30-23-22(24(34)32(26(30)35)17-21(33)20-12-6-3-7-13-20)31(16-19-10-4-2-5-11-19)25(29-23)36-27(18-28)14-8-9-15-27/h2-7,10-13H,8-9,14-18,28H2,1H3. The number of hydrogen-bond acceptors (Lipinski definition) is 6. The van der Waals surface area contributed by atoms with E-state index in [1.54, 1.807) is 43.1 Å². The first-order valence-electron chi connectivity index (χ1n) is 12.1. The summed E-state index contributed by atoms with van der Waals surface area (Å²) in [5, 5.41) is 0.667. The second-order valence-electron chi connectivity index (χ2n) is 9.36. The van der Waals surface area contributed by atoms with Crippen LogP contribution in [-0.2, 0) is 20.1 Å². The van der Waals surface area contributed by atoms with Crippen molar-refractivity contribution in [2.24, 2.45) is 12.8 Å².